The number of hydrogen-bond acceptors (Lipinski definition) is 5. The van der Waals surface area contributed by atoms with Gasteiger partial charge in [0.25, 0.3) is 10.0 Å². The number of aryl methyl sites for hydroxylation is 1. The average Bonchev–Trinajstić information content (AvgIpc) is 3.36. The SMILES string of the molecule is C[C@@H]1CC[C@@]2(O)O[C@@H](O)C[C@@]23c2cc4c5ccccc5n(S(=O)(=O)c5ccccc5)c4cc2CC[C@@]13C. The molecular weight excluding hydrogens is 486 g/mol. The number of aliphatic hydroxyl groups is 2. The van der Waals surface area contributed by atoms with Gasteiger partial charge in [-0.25, -0.2) is 12.4 Å². The Bertz CT molecular complexity index is 1680. The first-order valence-electron chi connectivity index (χ1n) is 13.1. The largest absolute Gasteiger partial charge is 0.368 e. The van der Waals surface area contributed by atoms with Crippen molar-refractivity contribution in [2.75, 3.05) is 0 Å². The van der Waals surface area contributed by atoms with Gasteiger partial charge in [-0.15, -0.1) is 0 Å². The van der Waals surface area contributed by atoms with E-state index in [1.54, 1.807) is 24.3 Å². The van der Waals surface area contributed by atoms with Crippen LogP contribution in [0.5, 0.6) is 0 Å². The predicted molar refractivity (Wildman–Crippen MR) is 142 cm³/mol. The van der Waals surface area contributed by atoms with E-state index >= 15 is 0 Å². The Labute approximate surface area is 216 Å². The molecule has 2 aliphatic carbocycles. The van der Waals surface area contributed by atoms with Crippen LogP contribution < -0.4 is 0 Å². The third kappa shape index (κ3) is 2.78. The molecule has 3 aliphatic rings. The van der Waals surface area contributed by atoms with Crippen LogP contribution in [-0.4, -0.2) is 34.7 Å². The molecule has 0 unspecified atom stereocenters. The van der Waals surface area contributed by atoms with E-state index in [9.17, 15) is 18.6 Å². The quantitative estimate of drug-likeness (QED) is 0.387. The summed E-state index contributed by atoms with van der Waals surface area (Å²) in [6, 6.07) is 20.2. The van der Waals surface area contributed by atoms with Gasteiger partial charge in [-0.05, 0) is 72.1 Å². The summed E-state index contributed by atoms with van der Waals surface area (Å²) in [6.45, 7) is 4.48. The van der Waals surface area contributed by atoms with Gasteiger partial charge in [0.15, 0.2) is 12.1 Å². The maximum atomic E-state index is 14.0. The third-order valence-corrected chi connectivity index (χ3v) is 11.7. The summed E-state index contributed by atoms with van der Waals surface area (Å²) < 4.78 is 35.3. The normalized spacial score (nSPS) is 33.3. The van der Waals surface area contributed by atoms with E-state index in [1.165, 1.54) is 3.97 Å². The van der Waals surface area contributed by atoms with Crippen molar-refractivity contribution in [1.82, 2.24) is 3.97 Å². The Morgan fingerprint density at radius 2 is 1.70 bits per heavy atom. The molecule has 4 aromatic rings. The van der Waals surface area contributed by atoms with E-state index in [-0.39, 0.29) is 10.3 Å². The average molecular weight is 518 g/mol. The molecule has 0 radical (unpaired) electrons. The zero-order valence-electron chi connectivity index (χ0n) is 21.0. The lowest BCUT2D eigenvalue weighted by Crippen LogP contribution is -2.65. The molecule has 3 aromatic carbocycles. The van der Waals surface area contributed by atoms with Gasteiger partial charge < -0.3 is 14.9 Å². The molecule has 1 spiro atoms. The molecule has 1 saturated carbocycles. The van der Waals surface area contributed by atoms with Gasteiger partial charge in [-0.1, -0.05) is 50.2 Å². The van der Waals surface area contributed by atoms with Gasteiger partial charge in [-0.3, -0.25) is 0 Å². The molecule has 7 rings (SSSR count). The van der Waals surface area contributed by atoms with E-state index in [0.717, 1.165) is 41.2 Å². The van der Waals surface area contributed by atoms with E-state index in [2.05, 4.69) is 19.9 Å². The molecule has 192 valence electrons. The first-order chi connectivity index (χ1) is 17.6. The lowest BCUT2D eigenvalue weighted by atomic mass is 9.43. The van der Waals surface area contributed by atoms with Gasteiger partial charge in [0.2, 0.25) is 0 Å². The highest BCUT2D eigenvalue weighted by Gasteiger charge is 2.72. The van der Waals surface area contributed by atoms with Gasteiger partial charge in [0.1, 0.15) is 0 Å². The van der Waals surface area contributed by atoms with Crippen molar-refractivity contribution in [2.24, 2.45) is 11.3 Å². The lowest BCUT2D eigenvalue weighted by Gasteiger charge is -2.61. The van der Waals surface area contributed by atoms with Gasteiger partial charge in [0.05, 0.1) is 21.3 Å². The number of aromatic nitrogens is 1. The first kappa shape index (κ1) is 23.4. The van der Waals surface area contributed by atoms with E-state index < -0.39 is 27.5 Å². The fourth-order valence-electron chi connectivity index (χ4n) is 7.96. The molecule has 0 bridgehead atoms. The summed E-state index contributed by atoms with van der Waals surface area (Å²) in [5, 5.41) is 24.4. The van der Waals surface area contributed by atoms with Gasteiger partial charge in [0, 0.05) is 23.6 Å². The predicted octanol–water partition coefficient (Wildman–Crippen LogP) is 5.08. The Morgan fingerprint density at radius 1 is 0.973 bits per heavy atom. The maximum absolute atomic E-state index is 14.0. The highest BCUT2D eigenvalue weighted by molar-refractivity contribution is 7.90. The van der Waals surface area contributed by atoms with E-state index in [1.807, 2.05) is 36.4 Å². The number of fused-ring (bicyclic) bond motifs is 4. The number of para-hydroxylation sites is 1. The minimum absolute atomic E-state index is 0.240. The van der Waals surface area contributed by atoms with Crippen molar-refractivity contribution in [3.63, 3.8) is 0 Å². The van der Waals surface area contributed by atoms with Crippen LogP contribution in [0, 0.1) is 11.3 Å². The second-order valence-electron chi connectivity index (χ2n) is 11.4. The molecule has 2 fully saturated rings. The fraction of sp³-hybridized carbons (Fsp3) is 0.400. The number of benzene rings is 3. The van der Waals surface area contributed by atoms with Crippen LogP contribution in [0.4, 0.5) is 0 Å². The molecule has 7 heteroatoms. The monoisotopic (exact) mass is 517 g/mol. The Hall–Kier alpha value is -2.71. The second kappa shape index (κ2) is 7.44. The van der Waals surface area contributed by atoms with Crippen LogP contribution in [0.2, 0.25) is 0 Å². The minimum atomic E-state index is -3.86. The molecule has 2 N–H and O–H groups in total. The van der Waals surface area contributed by atoms with E-state index in [4.69, 9.17) is 4.74 Å². The number of aliphatic hydroxyl groups excluding tert-OH is 1. The summed E-state index contributed by atoms with van der Waals surface area (Å²) in [7, 11) is -3.86. The molecule has 2 heterocycles. The van der Waals surface area contributed by atoms with Gasteiger partial charge in [-0.2, -0.15) is 0 Å². The zero-order chi connectivity index (χ0) is 25.8. The highest BCUT2D eigenvalue weighted by Crippen LogP contribution is 2.68. The maximum Gasteiger partial charge on any atom is 0.268 e. The molecule has 0 amide bonds. The molecular formula is C30H31NO5S. The topological polar surface area (TPSA) is 88.8 Å². The van der Waals surface area contributed by atoms with Crippen molar-refractivity contribution in [3.8, 4) is 0 Å². The Balaban J connectivity index is 1.57. The number of hydrogen-bond donors (Lipinski definition) is 2. The fourth-order valence-corrected chi connectivity index (χ4v) is 9.50. The Morgan fingerprint density at radius 3 is 2.49 bits per heavy atom. The first-order valence-corrected chi connectivity index (χ1v) is 14.5. The minimum Gasteiger partial charge on any atom is -0.368 e. The smallest absolute Gasteiger partial charge is 0.268 e. The highest BCUT2D eigenvalue weighted by atomic mass is 32.2. The standard InChI is InChI=1S/C30H31NO5S/c1-19-12-15-30(33)29(18-27(32)36-30)24-17-23-22-10-6-7-11-25(22)31(37(34,35)21-8-4-3-5-9-21)26(23)16-20(24)13-14-28(19,29)2/h3-11,16-17,19,27,32-33H,12-15,18H2,1-2H3/t19-,27-,28+,29+,30-/m1/s1. The van der Waals surface area contributed by atoms with Crippen molar-refractivity contribution < 1.29 is 23.4 Å². The number of nitrogens with zero attached hydrogens (tertiary/aromatic N) is 1. The van der Waals surface area contributed by atoms with Crippen LogP contribution in [0.3, 0.4) is 0 Å². The summed E-state index contributed by atoms with van der Waals surface area (Å²) in [4.78, 5) is 0.240. The molecule has 5 atom stereocenters. The van der Waals surface area contributed by atoms with Crippen LogP contribution in [-0.2, 0) is 26.6 Å². The number of ether oxygens (including phenoxy) is 1. The van der Waals surface area contributed by atoms with Gasteiger partial charge >= 0.3 is 0 Å². The van der Waals surface area contributed by atoms with Crippen molar-refractivity contribution in [1.29, 1.82) is 0 Å². The summed E-state index contributed by atoms with van der Waals surface area (Å²) in [5.41, 5.74) is 2.21. The van der Waals surface area contributed by atoms with Crippen LogP contribution in [0.15, 0.2) is 71.6 Å². The molecule has 1 aliphatic heterocycles. The summed E-state index contributed by atoms with van der Waals surface area (Å²) >= 11 is 0. The van der Waals surface area contributed by atoms with Crippen LogP contribution in [0.1, 0.15) is 50.7 Å². The molecule has 6 nitrogen and oxygen atoms in total. The summed E-state index contributed by atoms with van der Waals surface area (Å²) in [6.07, 6.45) is 2.17. The zero-order valence-corrected chi connectivity index (χ0v) is 21.8. The third-order valence-electron chi connectivity index (χ3n) is 9.97. The number of rotatable bonds is 2. The van der Waals surface area contributed by atoms with Crippen molar-refractivity contribution in [2.45, 2.75) is 68.3 Å². The van der Waals surface area contributed by atoms with Crippen LogP contribution >= 0.6 is 0 Å². The Kier molecular flexibility index (Phi) is 4.71. The molecule has 1 saturated heterocycles. The molecule has 1 aromatic heterocycles. The second-order valence-corrected chi connectivity index (χ2v) is 13.2. The van der Waals surface area contributed by atoms with Crippen molar-refractivity contribution >= 4 is 31.8 Å². The lowest BCUT2D eigenvalue weighted by molar-refractivity contribution is -0.290. The van der Waals surface area contributed by atoms with Crippen molar-refractivity contribution in [3.05, 3.63) is 77.9 Å². The summed E-state index contributed by atoms with van der Waals surface area (Å²) in [5.74, 6) is -1.13. The molecule has 37 heavy (non-hydrogen) atoms. The van der Waals surface area contributed by atoms with Crippen LogP contribution in [0.25, 0.3) is 21.8 Å². The van der Waals surface area contributed by atoms with E-state index in [0.29, 0.717) is 29.8 Å².